The van der Waals surface area contributed by atoms with Crippen molar-refractivity contribution in [3.63, 3.8) is 0 Å². The summed E-state index contributed by atoms with van der Waals surface area (Å²) in [5.41, 5.74) is 4.02. The Labute approximate surface area is 105 Å². The molecule has 1 saturated heterocycles. The van der Waals surface area contributed by atoms with Crippen LogP contribution in [-0.2, 0) is 0 Å². The second-order valence-corrected chi connectivity index (χ2v) is 5.18. The van der Waals surface area contributed by atoms with Crippen LogP contribution in [0.25, 0.3) is 0 Å². The second kappa shape index (κ2) is 5.54. The van der Waals surface area contributed by atoms with Gasteiger partial charge >= 0.3 is 0 Å². The van der Waals surface area contributed by atoms with E-state index in [2.05, 4.69) is 49.2 Å². The minimum Gasteiger partial charge on any atom is -0.381 e. The Hall–Kier alpha value is -1.02. The molecule has 2 heteroatoms. The number of aryl methyl sites for hydroxylation is 2. The molecule has 1 aromatic rings. The Morgan fingerprint density at radius 2 is 2.12 bits per heavy atom. The van der Waals surface area contributed by atoms with Crippen molar-refractivity contribution in [2.75, 3.05) is 25.0 Å². The first-order chi connectivity index (χ1) is 8.19. The third-order valence-corrected chi connectivity index (χ3v) is 3.83. The van der Waals surface area contributed by atoms with Gasteiger partial charge < -0.3 is 10.2 Å². The number of hydrogen-bond donors (Lipinski definition) is 1. The molecule has 1 atom stereocenters. The molecule has 0 aromatic heterocycles. The van der Waals surface area contributed by atoms with Crippen molar-refractivity contribution in [1.82, 2.24) is 4.90 Å². The van der Waals surface area contributed by atoms with E-state index in [0.717, 1.165) is 0 Å². The maximum atomic E-state index is 3.67. The fourth-order valence-corrected chi connectivity index (χ4v) is 2.53. The Morgan fingerprint density at radius 1 is 1.29 bits per heavy atom. The van der Waals surface area contributed by atoms with Crippen LogP contribution < -0.4 is 5.32 Å². The molecule has 0 unspecified atom stereocenters. The molecule has 17 heavy (non-hydrogen) atoms. The molecule has 1 aliphatic rings. The topological polar surface area (TPSA) is 15.3 Å². The molecule has 2 rings (SSSR count). The second-order valence-electron chi connectivity index (χ2n) is 5.18. The van der Waals surface area contributed by atoms with Gasteiger partial charge in [-0.15, -0.1) is 0 Å². The van der Waals surface area contributed by atoms with Crippen LogP contribution in [0.1, 0.15) is 30.9 Å². The zero-order chi connectivity index (χ0) is 12.3. The summed E-state index contributed by atoms with van der Waals surface area (Å²) in [4.78, 5) is 2.53. The molecule has 0 radical (unpaired) electrons. The fraction of sp³-hybridized carbons (Fsp3) is 0.600. The lowest BCUT2D eigenvalue weighted by atomic mass is 10.0. The van der Waals surface area contributed by atoms with Crippen LogP contribution in [0.4, 0.5) is 5.69 Å². The van der Waals surface area contributed by atoms with Crippen LogP contribution in [0.3, 0.4) is 0 Å². The zero-order valence-corrected chi connectivity index (χ0v) is 11.3. The molecule has 1 aromatic carbocycles. The number of hydrogen-bond acceptors (Lipinski definition) is 2. The van der Waals surface area contributed by atoms with E-state index < -0.39 is 0 Å². The van der Waals surface area contributed by atoms with Crippen molar-refractivity contribution in [2.45, 2.75) is 39.7 Å². The zero-order valence-electron chi connectivity index (χ0n) is 11.3. The summed E-state index contributed by atoms with van der Waals surface area (Å²) in [7, 11) is 0. The largest absolute Gasteiger partial charge is 0.381 e. The Bertz CT molecular complexity index is 373. The highest BCUT2D eigenvalue weighted by atomic mass is 15.2. The molecule has 1 fully saturated rings. The van der Waals surface area contributed by atoms with Crippen molar-refractivity contribution in [1.29, 1.82) is 0 Å². The summed E-state index contributed by atoms with van der Waals surface area (Å²) in [6, 6.07) is 7.29. The molecule has 0 amide bonds. The summed E-state index contributed by atoms with van der Waals surface area (Å²) in [6.45, 7) is 10.2. The number of piperidine rings is 1. The van der Waals surface area contributed by atoms with Crippen LogP contribution in [-0.4, -0.2) is 30.6 Å². The Balaban J connectivity index is 1.97. The normalized spacial score (nSPS) is 21.5. The molecular formula is C15H24N2. The number of likely N-dealkylation sites (tertiary alicyclic amines) is 1. The van der Waals surface area contributed by atoms with Gasteiger partial charge in [-0.25, -0.2) is 0 Å². The van der Waals surface area contributed by atoms with Crippen LogP contribution in [0.15, 0.2) is 18.2 Å². The monoisotopic (exact) mass is 232 g/mol. The number of rotatable bonds is 3. The third kappa shape index (κ3) is 3.22. The first-order valence-corrected chi connectivity index (χ1v) is 6.75. The number of nitrogens with one attached hydrogen (secondary N) is 1. The summed E-state index contributed by atoms with van der Waals surface area (Å²) >= 11 is 0. The van der Waals surface area contributed by atoms with Gasteiger partial charge in [0.15, 0.2) is 0 Å². The predicted molar refractivity (Wildman–Crippen MR) is 74.7 cm³/mol. The summed E-state index contributed by atoms with van der Waals surface area (Å²) in [5.74, 6) is 0. The average Bonchev–Trinajstić information content (AvgIpc) is 2.34. The highest BCUT2D eigenvalue weighted by Gasteiger charge is 2.18. The van der Waals surface area contributed by atoms with Crippen LogP contribution >= 0.6 is 0 Å². The van der Waals surface area contributed by atoms with Crippen molar-refractivity contribution >= 4 is 5.69 Å². The fourth-order valence-electron chi connectivity index (χ4n) is 2.53. The van der Waals surface area contributed by atoms with Crippen molar-refractivity contribution in [2.24, 2.45) is 0 Å². The molecule has 0 aliphatic carbocycles. The van der Waals surface area contributed by atoms with E-state index in [1.807, 2.05) is 0 Å². The summed E-state index contributed by atoms with van der Waals surface area (Å²) in [5, 5.41) is 3.67. The van der Waals surface area contributed by atoms with Gasteiger partial charge in [-0.3, -0.25) is 0 Å². The smallest absolute Gasteiger partial charge is 0.0388 e. The average molecular weight is 232 g/mol. The molecule has 1 N–H and O–H groups in total. The lowest BCUT2D eigenvalue weighted by Crippen LogP contribution is -2.41. The van der Waals surface area contributed by atoms with Gasteiger partial charge in [0.2, 0.25) is 0 Å². The lowest BCUT2D eigenvalue weighted by Gasteiger charge is -2.33. The maximum absolute atomic E-state index is 3.67. The lowest BCUT2D eigenvalue weighted by molar-refractivity contribution is 0.227. The Morgan fingerprint density at radius 3 is 2.82 bits per heavy atom. The van der Waals surface area contributed by atoms with Crippen LogP contribution in [0.2, 0.25) is 0 Å². The molecule has 2 nitrogen and oxygen atoms in total. The molecule has 0 saturated carbocycles. The minimum absolute atomic E-state index is 0.616. The highest BCUT2D eigenvalue weighted by molar-refractivity contribution is 5.48. The molecule has 1 heterocycles. The predicted octanol–water partition coefficient (Wildman–Crippen LogP) is 3.20. The van der Waals surface area contributed by atoms with Gasteiger partial charge in [0, 0.05) is 18.3 Å². The molecule has 94 valence electrons. The number of nitrogens with zero attached hydrogens (tertiary/aromatic N) is 1. The van der Waals surface area contributed by atoms with Gasteiger partial charge in [-0.05, 0) is 63.0 Å². The van der Waals surface area contributed by atoms with Gasteiger partial charge in [0.1, 0.15) is 0 Å². The van der Waals surface area contributed by atoms with E-state index in [1.165, 1.54) is 49.3 Å². The van der Waals surface area contributed by atoms with E-state index in [1.54, 1.807) is 0 Å². The van der Waals surface area contributed by atoms with E-state index in [0.29, 0.717) is 6.04 Å². The standard InChI is InChI=1S/C15H24N2/c1-4-17-9-5-6-15(11-17)16-14-8-7-12(2)13(3)10-14/h7-8,10,15-16H,4-6,9,11H2,1-3H3/t15-/m1/s1. The number of likely N-dealkylation sites (N-methyl/N-ethyl adjacent to an activating group) is 1. The van der Waals surface area contributed by atoms with Crippen molar-refractivity contribution in [3.8, 4) is 0 Å². The number of benzene rings is 1. The van der Waals surface area contributed by atoms with E-state index in [-0.39, 0.29) is 0 Å². The van der Waals surface area contributed by atoms with E-state index in [4.69, 9.17) is 0 Å². The first-order valence-electron chi connectivity index (χ1n) is 6.75. The summed E-state index contributed by atoms with van der Waals surface area (Å²) < 4.78 is 0. The van der Waals surface area contributed by atoms with E-state index >= 15 is 0 Å². The van der Waals surface area contributed by atoms with Gasteiger partial charge in [0.05, 0.1) is 0 Å². The summed E-state index contributed by atoms with van der Waals surface area (Å²) in [6.07, 6.45) is 2.61. The first kappa shape index (κ1) is 12.4. The Kier molecular flexibility index (Phi) is 4.06. The van der Waals surface area contributed by atoms with E-state index in [9.17, 15) is 0 Å². The van der Waals surface area contributed by atoms with Gasteiger partial charge in [-0.2, -0.15) is 0 Å². The quantitative estimate of drug-likeness (QED) is 0.861. The SMILES string of the molecule is CCN1CCC[C@@H](Nc2ccc(C)c(C)c2)C1. The van der Waals surface area contributed by atoms with Crippen molar-refractivity contribution < 1.29 is 0 Å². The third-order valence-electron chi connectivity index (χ3n) is 3.83. The van der Waals surface area contributed by atoms with Crippen LogP contribution in [0.5, 0.6) is 0 Å². The molecule has 0 bridgehead atoms. The molecular weight excluding hydrogens is 208 g/mol. The van der Waals surface area contributed by atoms with Gasteiger partial charge in [-0.1, -0.05) is 13.0 Å². The van der Waals surface area contributed by atoms with Crippen molar-refractivity contribution in [3.05, 3.63) is 29.3 Å². The highest BCUT2D eigenvalue weighted by Crippen LogP contribution is 2.18. The van der Waals surface area contributed by atoms with Crippen LogP contribution in [0, 0.1) is 13.8 Å². The molecule has 0 spiro atoms. The maximum Gasteiger partial charge on any atom is 0.0388 e. The van der Waals surface area contributed by atoms with Gasteiger partial charge in [0.25, 0.3) is 0 Å². The minimum atomic E-state index is 0.616. The molecule has 1 aliphatic heterocycles. The number of anilines is 1.